The Labute approximate surface area is 138 Å². The lowest BCUT2D eigenvalue weighted by Crippen LogP contribution is -2.38. The van der Waals surface area contributed by atoms with Crippen LogP contribution in [0.1, 0.15) is 42.8 Å². The monoisotopic (exact) mass is 308 g/mol. The van der Waals surface area contributed by atoms with Crippen LogP contribution in [0.4, 0.5) is 11.5 Å². The molecule has 1 aromatic heterocycles. The summed E-state index contributed by atoms with van der Waals surface area (Å²) in [6.45, 7) is 6.28. The van der Waals surface area contributed by atoms with E-state index in [0.717, 1.165) is 30.4 Å². The average Bonchev–Trinajstić information content (AvgIpc) is 3.36. The molecule has 1 aromatic carbocycles. The molecule has 2 heterocycles. The highest BCUT2D eigenvalue weighted by Gasteiger charge is 2.29. The lowest BCUT2D eigenvalue weighted by atomic mass is 10.1. The maximum absolute atomic E-state index is 4.91. The smallest absolute Gasteiger partial charge is 0.134 e. The van der Waals surface area contributed by atoms with Crippen LogP contribution in [0.15, 0.2) is 30.3 Å². The third-order valence-corrected chi connectivity index (χ3v) is 4.91. The van der Waals surface area contributed by atoms with Gasteiger partial charge in [0.1, 0.15) is 11.6 Å². The zero-order valence-corrected chi connectivity index (χ0v) is 14.2. The second-order valence-corrected chi connectivity index (χ2v) is 6.99. The first kappa shape index (κ1) is 14.5. The second kappa shape index (κ2) is 5.52. The lowest BCUT2D eigenvalue weighted by molar-refractivity contribution is 0.632. The summed E-state index contributed by atoms with van der Waals surface area (Å²) < 4.78 is 0. The summed E-state index contributed by atoms with van der Waals surface area (Å²) in [6, 6.07) is 11.2. The molecule has 4 nitrogen and oxygen atoms in total. The van der Waals surface area contributed by atoms with Gasteiger partial charge in [-0.25, -0.2) is 9.97 Å². The van der Waals surface area contributed by atoms with Crippen molar-refractivity contribution in [3.05, 3.63) is 47.4 Å². The summed E-state index contributed by atoms with van der Waals surface area (Å²) in [5.41, 5.74) is 3.77. The molecule has 1 atom stereocenters. The Morgan fingerprint density at radius 2 is 1.91 bits per heavy atom. The zero-order chi connectivity index (χ0) is 16.0. The fourth-order valence-electron chi connectivity index (χ4n) is 3.50. The van der Waals surface area contributed by atoms with Crippen LogP contribution in [0.3, 0.4) is 0 Å². The van der Waals surface area contributed by atoms with Crippen molar-refractivity contribution in [1.82, 2.24) is 9.97 Å². The Hall–Kier alpha value is -2.10. The number of nitrogens with zero attached hydrogens (tertiary/aromatic N) is 4. The molecule has 0 radical (unpaired) electrons. The summed E-state index contributed by atoms with van der Waals surface area (Å²) in [5.74, 6) is 2.71. The van der Waals surface area contributed by atoms with Crippen molar-refractivity contribution in [2.24, 2.45) is 0 Å². The van der Waals surface area contributed by atoms with Gasteiger partial charge in [0, 0.05) is 49.5 Å². The van der Waals surface area contributed by atoms with Gasteiger partial charge in [-0.3, -0.25) is 0 Å². The summed E-state index contributed by atoms with van der Waals surface area (Å²) >= 11 is 0. The molecule has 0 bridgehead atoms. The second-order valence-electron chi connectivity index (χ2n) is 6.99. The summed E-state index contributed by atoms with van der Waals surface area (Å²) in [6.07, 6.45) is 2.48. The van der Waals surface area contributed by atoms with Crippen molar-refractivity contribution in [3.63, 3.8) is 0 Å². The van der Waals surface area contributed by atoms with Crippen molar-refractivity contribution in [3.8, 4) is 0 Å². The van der Waals surface area contributed by atoms with Crippen LogP contribution >= 0.6 is 0 Å². The van der Waals surface area contributed by atoms with Gasteiger partial charge < -0.3 is 9.80 Å². The molecular formula is C19H24N4. The highest BCUT2D eigenvalue weighted by Crippen LogP contribution is 2.39. The molecule has 4 heteroatoms. The van der Waals surface area contributed by atoms with E-state index in [0.29, 0.717) is 12.0 Å². The first-order chi connectivity index (χ1) is 11.1. The Kier molecular flexibility index (Phi) is 3.47. The number of fused-ring (bicyclic) bond motifs is 1. The van der Waals surface area contributed by atoms with E-state index >= 15 is 0 Å². The molecule has 4 rings (SSSR count). The van der Waals surface area contributed by atoms with Crippen LogP contribution in [0.2, 0.25) is 0 Å². The fourth-order valence-corrected chi connectivity index (χ4v) is 3.50. The van der Waals surface area contributed by atoms with Crippen LogP contribution in [0, 0.1) is 6.92 Å². The molecule has 1 aliphatic heterocycles. The maximum Gasteiger partial charge on any atom is 0.134 e. The van der Waals surface area contributed by atoms with Crippen molar-refractivity contribution in [1.29, 1.82) is 0 Å². The Bertz CT molecular complexity index is 723. The molecule has 0 saturated heterocycles. The molecule has 2 aliphatic rings. The van der Waals surface area contributed by atoms with E-state index in [2.05, 4.69) is 66.0 Å². The van der Waals surface area contributed by atoms with E-state index < -0.39 is 0 Å². The predicted molar refractivity (Wildman–Crippen MR) is 94.1 cm³/mol. The van der Waals surface area contributed by atoms with Crippen molar-refractivity contribution in [2.75, 3.05) is 23.4 Å². The van der Waals surface area contributed by atoms with Gasteiger partial charge >= 0.3 is 0 Å². The predicted octanol–water partition coefficient (Wildman–Crippen LogP) is 3.51. The largest absolute Gasteiger partial charge is 0.372 e. The molecular weight excluding hydrogens is 284 g/mol. The highest BCUT2D eigenvalue weighted by molar-refractivity contribution is 5.57. The van der Waals surface area contributed by atoms with Crippen LogP contribution in [-0.2, 0) is 6.54 Å². The van der Waals surface area contributed by atoms with Gasteiger partial charge in [-0.2, -0.15) is 0 Å². The number of para-hydroxylation sites is 1. The van der Waals surface area contributed by atoms with Gasteiger partial charge in [-0.05, 0) is 38.3 Å². The molecule has 0 N–H and O–H groups in total. The van der Waals surface area contributed by atoms with Gasteiger partial charge in [-0.15, -0.1) is 0 Å². The molecule has 0 amide bonds. The van der Waals surface area contributed by atoms with Crippen LogP contribution < -0.4 is 9.80 Å². The topological polar surface area (TPSA) is 32.3 Å². The highest BCUT2D eigenvalue weighted by atomic mass is 15.3. The van der Waals surface area contributed by atoms with E-state index in [1.807, 2.05) is 0 Å². The SMILES string of the molecule is Cc1cc(N2Cc3ccccc3N(C)CC2C)nc(C2CC2)n1. The standard InChI is InChI=1S/C19H24N4/c1-13-10-18(21-19(20-13)15-8-9-15)23-12-16-6-4-5-7-17(16)22(3)11-14(23)2/h4-7,10,14-15H,8-9,11-12H2,1-3H3. The number of rotatable bonds is 2. The number of benzene rings is 1. The van der Waals surface area contributed by atoms with Crippen LogP contribution in [0.5, 0.6) is 0 Å². The van der Waals surface area contributed by atoms with E-state index in [1.54, 1.807) is 0 Å². The summed E-state index contributed by atoms with van der Waals surface area (Å²) in [4.78, 5) is 14.3. The number of hydrogen-bond acceptors (Lipinski definition) is 4. The molecule has 120 valence electrons. The summed E-state index contributed by atoms with van der Waals surface area (Å²) in [5, 5.41) is 0. The third-order valence-electron chi connectivity index (χ3n) is 4.91. The molecule has 2 aromatic rings. The first-order valence-corrected chi connectivity index (χ1v) is 8.53. The Balaban J connectivity index is 1.73. The quantitative estimate of drug-likeness (QED) is 0.850. The Morgan fingerprint density at radius 3 is 2.70 bits per heavy atom. The number of hydrogen-bond donors (Lipinski definition) is 0. The van der Waals surface area contributed by atoms with E-state index in [9.17, 15) is 0 Å². The zero-order valence-electron chi connectivity index (χ0n) is 14.2. The number of aromatic nitrogens is 2. The molecule has 23 heavy (non-hydrogen) atoms. The number of likely N-dealkylation sites (N-methyl/N-ethyl adjacent to an activating group) is 1. The maximum atomic E-state index is 4.91. The van der Waals surface area contributed by atoms with Crippen molar-refractivity contribution in [2.45, 2.75) is 45.2 Å². The normalized spacial score (nSPS) is 21.1. The molecule has 1 unspecified atom stereocenters. The van der Waals surface area contributed by atoms with Gasteiger partial charge in [0.05, 0.1) is 0 Å². The Morgan fingerprint density at radius 1 is 1.13 bits per heavy atom. The van der Waals surface area contributed by atoms with E-state index in [1.165, 1.54) is 24.1 Å². The first-order valence-electron chi connectivity index (χ1n) is 8.53. The minimum absolute atomic E-state index is 0.411. The van der Waals surface area contributed by atoms with Gasteiger partial charge in [0.25, 0.3) is 0 Å². The van der Waals surface area contributed by atoms with Gasteiger partial charge in [0.15, 0.2) is 0 Å². The third kappa shape index (κ3) is 2.78. The molecule has 1 fully saturated rings. The van der Waals surface area contributed by atoms with Gasteiger partial charge in [-0.1, -0.05) is 18.2 Å². The van der Waals surface area contributed by atoms with Crippen molar-refractivity contribution >= 4 is 11.5 Å². The summed E-state index contributed by atoms with van der Waals surface area (Å²) in [7, 11) is 2.18. The van der Waals surface area contributed by atoms with Crippen LogP contribution in [0.25, 0.3) is 0 Å². The van der Waals surface area contributed by atoms with E-state index in [4.69, 9.17) is 4.98 Å². The molecule has 1 saturated carbocycles. The minimum atomic E-state index is 0.411. The van der Waals surface area contributed by atoms with Crippen LogP contribution in [-0.4, -0.2) is 29.6 Å². The van der Waals surface area contributed by atoms with Gasteiger partial charge in [0.2, 0.25) is 0 Å². The number of aryl methyl sites for hydroxylation is 1. The fraction of sp³-hybridized carbons (Fsp3) is 0.474. The van der Waals surface area contributed by atoms with Crippen molar-refractivity contribution < 1.29 is 0 Å². The number of anilines is 2. The minimum Gasteiger partial charge on any atom is -0.372 e. The van der Waals surface area contributed by atoms with E-state index in [-0.39, 0.29) is 0 Å². The average molecular weight is 308 g/mol. The lowest BCUT2D eigenvalue weighted by Gasteiger charge is -2.30. The molecule has 0 spiro atoms. The molecule has 1 aliphatic carbocycles.